The van der Waals surface area contributed by atoms with Crippen molar-refractivity contribution in [2.45, 2.75) is 30.0 Å². The van der Waals surface area contributed by atoms with Crippen LogP contribution >= 0.6 is 11.3 Å². The van der Waals surface area contributed by atoms with Gasteiger partial charge in [-0.05, 0) is 25.0 Å². The topological polar surface area (TPSA) is 89.3 Å². The number of hydrogen-bond donors (Lipinski definition) is 2. The van der Waals surface area contributed by atoms with Crippen LogP contribution in [0.3, 0.4) is 0 Å². The van der Waals surface area contributed by atoms with E-state index in [9.17, 15) is 13.2 Å². The minimum Gasteiger partial charge on any atom is -0.351 e. The van der Waals surface area contributed by atoms with Gasteiger partial charge in [-0.15, -0.1) is 11.3 Å². The Kier molecular flexibility index (Phi) is 3.50. The number of rotatable bonds is 4. The van der Waals surface area contributed by atoms with E-state index in [1.807, 2.05) is 0 Å². The molecule has 1 heterocycles. The highest BCUT2D eigenvalue weighted by molar-refractivity contribution is 7.91. The van der Waals surface area contributed by atoms with Gasteiger partial charge in [0.15, 0.2) is 0 Å². The van der Waals surface area contributed by atoms with Crippen LogP contribution < -0.4 is 10.5 Å². The molecule has 3 N–H and O–H groups in total. The van der Waals surface area contributed by atoms with E-state index in [0.29, 0.717) is 6.54 Å². The van der Waals surface area contributed by atoms with Crippen LogP contribution in [0, 0.1) is 5.92 Å². The van der Waals surface area contributed by atoms with Crippen molar-refractivity contribution in [3.63, 3.8) is 0 Å². The largest absolute Gasteiger partial charge is 0.351 e. The lowest BCUT2D eigenvalue weighted by molar-refractivity contribution is -0.127. The first kappa shape index (κ1) is 12.5. The number of thiophene rings is 1. The second-order valence-electron chi connectivity index (χ2n) is 4.11. The average molecular weight is 274 g/mol. The number of nitrogens with one attached hydrogen (secondary N) is 1. The van der Waals surface area contributed by atoms with E-state index in [4.69, 9.17) is 5.14 Å². The fourth-order valence-corrected chi connectivity index (χ4v) is 3.31. The summed E-state index contributed by atoms with van der Waals surface area (Å²) in [5.74, 6) is 0.203. The van der Waals surface area contributed by atoms with Crippen LogP contribution in [0.4, 0.5) is 0 Å². The van der Waals surface area contributed by atoms with Crippen LogP contribution in [0.15, 0.2) is 16.3 Å². The lowest BCUT2D eigenvalue weighted by Crippen LogP contribution is -2.33. The second-order valence-corrected chi connectivity index (χ2v) is 7.07. The van der Waals surface area contributed by atoms with E-state index in [2.05, 4.69) is 5.32 Å². The first-order valence-electron chi connectivity index (χ1n) is 5.36. The fraction of sp³-hybridized carbons (Fsp3) is 0.500. The quantitative estimate of drug-likeness (QED) is 0.851. The van der Waals surface area contributed by atoms with Gasteiger partial charge in [-0.1, -0.05) is 6.42 Å². The van der Waals surface area contributed by atoms with Crippen molar-refractivity contribution in [3.8, 4) is 0 Å². The molecule has 2 rings (SSSR count). The lowest BCUT2D eigenvalue weighted by atomic mass is 9.85. The van der Waals surface area contributed by atoms with E-state index in [1.54, 1.807) is 6.07 Å². The summed E-state index contributed by atoms with van der Waals surface area (Å²) < 4.78 is 22.2. The summed E-state index contributed by atoms with van der Waals surface area (Å²) in [6.07, 6.45) is 3.03. The Morgan fingerprint density at radius 2 is 2.18 bits per heavy atom. The monoisotopic (exact) mass is 274 g/mol. The fourth-order valence-electron chi connectivity index (χ4n) is 1.60. The van der Waals surface area contributed by atoms with Crippen molar-refractivity contribution in [3.05, 3.63) is 17.0 Å². The van der Waals surface area contributed by atoms with Crippen LogP contribution in [-0.4, -0.2) is 14.3 Å². The Morgan fingerprint density at radius 3 is 2.65 bits per heavy atom. The highest BCUT2D eigenvalue weighted by Gasteiger charge is 2.24. The molecule has 0 unspecified atom stereocenters. The highest BCUT2D eigenvalue weighted by Crippen LogP contribution is 2.26. The molecular formula is C10H14N2O3S2. The molecule has 94 valence electrons. The standard InChI is InChI=1S/C10H14N2O3S2/c11-17(14,15)9-5-4-8(16-9)6-12-10(13)7-2-1-3-7/h4-5,7H,1-3,6H2,(H,12,13)(H2,11,14,15). The van der Waals surface area contributed by atoms with Crippen LogP contribution in [0.1, 0.15) is 24.1 Å². The molecule has 0 aliphatic heterocycles. The van der Waals surface area contributed by atoms with Gasteiger partial charge in [0.1, 0.15) is 4.21 Å². The molecule has 1 aliphatic carbocycles. The minimum absolute atomic E-state index is 0.0572. The van der Waals surface area contributed by atoms with Gasteiger partial charge in [0.2, 0.25) is 15.9 Å². The molecule has 1 saturated carbocycles. The van der Waals surface area contributed by atoms with E-state index >= 15 is 0 Å². The zero-order valence-electron chi connectivity index (χ0n) is 9.18. The first-order valence-corrected chi connectivity index (χ1v) is 7.72. The third kappa shape index (κ3) is 3.05. The molecule has 0 saturated heterocycles. The summed E-state index contributed by atoms with van der Waals surface area (Å²) in [5.41, 5.74) is 0. The van der Waals surface area contributed by atoms with Crippen molar-refractivity contribution < 1.29 is 13.2 Å². The average Bonchev–Trinajstić information content (AvgIpc) is 2.59. The second kappa shape index (κ2) is 4.75. The summed E-state index contributed by atoms with van der Waals surface area (Å²) in [6.45, 7) is 0.371. The van der Waals surface area contributed by atoms with E-state index < -0.39 is 10.0 Å². The lowest BCUT2D eigenvalue weighted by Gasteiger charge is -2.23. The molecule has 7 heteroatoms. The molecule has 17 heavy (non-hydrogen) atoms. The van der Waals surface area contributed by atoms with Crippen LogP contribution in [0.2, 0.25) is 0 Å². The number of hydrogen-bond acceptors (Lipinski definition) is 4. The molecular weight excluding hydrogens is 260 g/mol. The summed E-state index contributed by atoms with van der Waals surface area (Å²) in [5, 5.41) is 7.80. The summed E-state index contributed by atoms with van der Waals surface area (Å²) in [6, 6.07) is 3.14. The molecule has 1 fully saturated rings. The Morgan fingerprint density at radius 1 is 1.47 bits per heavy atom. The zero-order valence-corrected chi connectivity index (χ0v) is 10.8. The van der Waals surface area contributed by atoms with Gasteiger partial charge in [0.05, 0.1) is 6.54 Å². The number of carbonyl (C=O) groups is 1. The van der Waals surface area contributed by atoms with Gasteiger partial charge >= 0.3 is 0 Å². The molecule has 0 radical (unpaired) electrons. The van der Waals surface area contributed by atoms with E-state index in [1.165, 1.54) is 6.07 Å². The van der Waals surface area contributed by atoms with Crippen molar-refractivity contribution in [2.24, 2.45) is 11.1 Å². The minimum atomic E-state index is -3.62. The summed E-state index contributed by atoms with van der Waals surface area (Å²) in [4.78, 5) is 12.3. The van der Waals surface area contributed by atoms with Crippen molar-refractivity contribution in [2.75, 3.05) is 0 Å². The maximum atomic E-state index is 11.6. The molecule has 0 aromatic carbocycles. The molecule has 5 nitrogen and oxygen atoms in total. The number of carbonyl (C=O) groups excluding carboxylic acids is 1. The van der Waals surface area contributed by atoms with Gasteiger partial charge < -0.3 is 5.32 Å². The molecule has 1 aromatic rings. The molecule has 1 amide bonds. The van der Waals surface area contributed by atoms with Crippen molar-refractivity contribution in [1.82, 2.24) is 5.32 Å². The number of nitrogens with two attached hydrogens (primary N) is 1. The maximum Gasteiger partial charge on any atom is 0.247 e. The van der Waals surface area contributed by atoms with Gasteiger partial charge in [-0.3, -0.25) is 4.79 Å². The first-order chi connectivity index (χ1) is 7.97. The molecule has 1 aromatic heterocycles. The highest BCUT2D eigenvalue weighted by atomic mass is 32.2. The van der Waals surface area contributed by atoms with E-state index in [-0.39, 0.29) is 16.0 Å². The molecule has 1 aliphatic rings. The predicted octanol–water partition coefficient (Wildman–Crippen LogP) is 0.812. The SMILES string of the molecule is NS(=O)(=O)c1ccc(CNC(=O)C2CCC2)s1. The van der Waals surface area contributed by atoms with Gasteiger partial charge in [0.25, 0.3) is 0 Å². The van der Waals surface area contributed by atoms with Crippen molar-refractivity contribution >= 4 is 27.3 Å². The van der Waals surface area contributed by atoms with Crippen molar-refractivity contribution in [1.29, 1.82) is 0 Å². The smallest absolute Gasteiger partial charge is 0.247 e. The zero-order chi connectivity index (χ0) is 12.5. The Hall–Kier alpha value is -0.920. The Labute approximate surface area is 104 Å². The predicted molar refractivity (Wildman–Crippen MR) is 64.9 cm³/mol. The number of sulfonamides is 1. The van der Waals surface area contributed by atoms with Crippen LogP contribution in [0.5, 0.6) is 0 Å². The summed E-state index contributed by atoms with van der Waals surface area (Å²) >= 11 is 1.09. The normalized spacial score (nSPS) is 16.5. The van der Waals surface area contributed by atoms with Gasteiger partial charge in [0, 0.05) is 10.8 Å². The summed E-state index contributed by atoms with van der Waals surface area (Å²) in [7, 11) is -3.62. The molecule has 0 atom stereocenters. The van der Waals surface area contributed by atoms with Crippen LogP contribution in [0.25, 0.3) is 0 Å². The van der Waals surface area contributed by atoms with Gasteiger partial charge in [-0.2, -0.15) is 0 Å². The third-order valence-corrected chi connectivity index (χ3v) is 5.35. The molecule has 0 spiro atoms. The third-order valence-electron chi connectivity index (χ3n) is 2.83. The Bertz CT molecular complexity index is 517. The number of amides is 1. The maximum absolute atomic E-state index is 11.6. The van der Waals surface area contributed by atoms with E-state index in [0.717, 1.165) is 35.5 Å². The number of primary sulfonamides is 1. The van der Waals surface area contributed by atoms with Gasteiger partial charge in [-0.25, -0.2) is 13.6 Å². The van der Waals surface area contributed by atoms with Crippen LogP contribution in [-0.2, 0) is 21.4 Å². The molecule has 0 bridgehead atoms. The Balaban J connectivity index is 1.91.